The molecule has 38 heavy (non-hydrogen) atoms. The van der Waals surface area contributed by atoms with E-state index >= 15 is 0 Å². The molecule has 0 unspecified atom stereocenters. The summed E-state index contributed by atoms with van der Waals surface area (Å²) in [6, 6.07) is 17.4. The summed E-state index contributed by atoms with van der Waals surface area (Å²) in [5.74, 6) is 1.52. The summed E-state index contributed by atoms with van der Waals surface area (Å²) in [6.45, 7) is 4.15. The summed E-state index contributed by atoms with van der Waals surface area (Å²) in [7, 11) is 4.42. The quantitative estimate of drug-likeness (QED) is 0.156. The zero-order valence-corrected chi connectivity index (χ0v) is 22.1. The second-order valence-electron chi connectivity index (χ2n) is 8.33. The molecule has 0 fully saturated rings. The minimum atomic E-state index is -0.590. The highest BCUT2D eigenvalue weighted by Crippen LogP contribution is 2.38. The number of ether oxygens (including phenoxy) is 5. The number of carbonyl (C=O) groups excluding carboxylic acids is 2. The highest BCUT2D eigenvalue weighted by Gasteiger charge is 2.18. The van der Waals surface area contributed by atoms with Gasteiger partial charge in [0.25, 0.3) is 5.91 Å². The first-order chi connectivity index (χ1) is 18.4. The van der Waals surface area contributed by atoms with E-state index in [1.165, 1.54) is 45.2 Å². The van der Waals surface area contributed by atoms with Crippen molar-refractivity contribution in [3.63, 3.8) is 0 Å². The molecule has 9 heteroatoms. The molecule has 1 amide bonds. The van der Waals surface area contributed by atoms with Gasteiger partial charge in [0.15, 0.2) is 18.1 Å². The predicted octanol–water partition coefficient (Wildman–Crippen LogP) is 4.97. The molecule has 200 valence electrons. The highest BCUT2D eigenvalue weighted by molar-refractivity contribution is 5.93. The van der Waals surface area contributed by atoms with Gasteiger partial charge in [-0.2, -0.15) is 5.10 Å². The number of rotatable bonds is 12. The van der Waals surface area contributed by atoms with E-state index in [1.807, 2.05) is 24.3 Å². The summed E-state index contributed by atoms with van der Waals surface area (Å²) in [4.78, 5) is 24.7. The van der Waals surface area contributed by atoms with Gasteiger partial charge in [0.1, 0.15) is 11.5 Å². The standard InChI is InChI=1S/C29H32N2O7/c1-6-19(2)21-9-13-23(14-10-21)37-18-27(32)31-30-17-20-7-11-24(12-8-20)38-29(33)22-15-25(34-3)28(36-5)26(16-22)35-4/h7-17,19H,6,18H2,1-5H3,(H,31,32)/b30-17-/t19-/m0/s1. The molecule has 9 nitrogen and oxygen atoms in total. The largest absolute Gasteiger partial charge is 0.493 e. The van der Waals surface area contributed by atoms with Crippen LogP contribution < -0.4 is 29.1 Å². The van der Waals surface area contributed by atoms with Gasteiger partial charge in [-0.3, -0.25) is 4.79 Å². The van der Waals surface area contributed by atoms with Gasteiger partial charge in [-0.05, 0) is 72.0 Å². The van der Waals surface area contributed by atoms with Crippen molar-refractivity contribution < 1.29 is 33.3 Å². The molecule has 1 N–H and O–H groups in total. The van der Waals surface area contributed by atoms with Crippen molar-refractivity contribution in [1.29, 1.82) is 0 Å². The van der Waals surface area contributed by atoms with Crippen molar-refractivity contribution in [3.8, 4) is 28.7 Å². The van der Waals surface area contributed by atoms with Crippen LogP contribution in [0.2, 0.25) is 0 Å². The van der Waals surface area contributed by atoms with Gasteiger partial charge in [0.2, 0.25) is 5.75 Å². The first-order valence-electron chi connectivity index (χ1n) is 12.0. The summed E-state index contributed by atoms with van der Waals surface area (Å²) < 4.78 is 26.8. The molecule has 0 radical (unpaired) electrons. The Morgan fingerprint density at radius 1 is 0.895 bits per heavy atom. The van der Waals surface area contributed by atoms with Crippen molar-refractivity contribution in [1.82, 2.24) is 5.43 Å². The number of carbonyl (C=O) groups is 2. The lowest BCUT2D eigenvalue weighted by molar-refractivity contribution is -0.123. The molecule has 0 bridgehead atoms. The second kappa shape index (κ2) is 13.7. The first kappa shape index (κ1) is 28.0. The van der Waals surface area contributed by atoms with Gasteiger partial charge >= 0.3 is 5.97 Å². The van der Waals surface area contributed by atoms with Crippen LogP contribution in [-0.4, -0.2) is 46.0 Å². The normalized spacial score (nSPS) is 11.5. The Hall–Kier alpha value is -4.53. The van der Waals surface area contributed by atoms with Crippen LogP contribution in [0, 0.1) is 0 Å². The average Bonchev–Trinajstić information content (AvgIpc) is 2.95. The molecular formula is C29H32N2O7. The number of esters is 1. The average molecular weight is 521 g/mol. The number of methoxy groups -OCH3 is 3. The molecule has 0 saturated carbocycles. The number of amides is 1. The SMILES string of the molecule is CC[C@H](C)c1ccc(OCC(=O)N/N=C\c2ccc(OC(=O)c3cc(OC)c(OC)c(OC)c3)cc2)cc1. The maximum Gasteiger partial charge on any atom is 0.343 e. The Morgan fingerprint density at radius 3 is 2.05 bits per heavy atom. The van der Waals surface area contributed by atoms with Crippen LogP contribution in [0.5, 0.6) is 28.7 Å². The monoisotopic (exact) mass is 520 g/mol. The number of hydrogen-bond donors (Lipinski definition) is 1. The lowest BCUT2D eigenvalue weighted by Gasteiger charge is -2.13. The van der Waals surface area contributed by atoms with E-state index in [0.717, 1.165) is 6.42 Å². The third-order valence-corrected chi connectivity index (χ3v) is 5.83. The lowest BCUT2D eigenvalue weighted by Crippen LogP contribution is -2.24. The van der Waals surface area contributed by atoms with Gasteiger partial charge in [-0.15, -0.1) is 0 Å². The zero-order chi connectivity index (χ0) is 27.5. The number of nitrogens with zero attached hydrogens (tertiary/aromatic N) is 1. The van der Waals surface area contributed by atoms with E-state index in [-0.39, 0.29) is 18.1 Å². The van der Waals surface area contributed by atoms with Crippen molar-refractivity contribution in [2.45, 2.75) is 26.2 Å². The van der Waals surface area contributed by atoms with Crippen molar-refractivity contribution >= 4 is 18.1 Å². The van der Waals surface area contributed by atoms with E-state index in [9.17, 15) is 9.59 Å². The molecule has 0 aromatic heterocycles. The van der Waals surface area contributed by atoms with Gasteiger partial charge < -0.3 is 23.7 Å². The molecule has 0 aliphatic heterocycles. The Morgan fingerprint density at radius 2 is 1.50 bits per heavy atom. The molecule has 1 atom stereocenters. The maximum absolute atomic E-state index is 12.6. The van der Waals surface area contributed by atoms with Crippen molar-refractivity contribution in [2.24, 2.45) is 5.10 Å². The fourth-order valence-corrected chi connectivity index (χ4v) is 3.48. The molecular weight excluding hydrogens is 488 g/mol. The minimum absolute atomic E-state index is 0.157. The third-order valence-electron chi connectivity index (χ3n) is 5.83. The van der Waals surface area contributed by atoms with Crippen LogP contribution in [0.1, 0.15) is 47.7 Å². The van der Waals surface area contributed by atoms with Crippen LogP contribution >= 0.6 is 0 Å². The molecule has 3 rings (SSSR count). The fraction of sp³-hybridized carbons (Fsp3) is 0.276. The first-order valence-corrected chi connectivity index (χ1v) is 12.0. The number of benzene rings is 3. The fourth-order valence-electron chi connectivity index (χ4n) is 3.48. The van der Waals surface area contributed by atoms with Crippen molar-refractivity contribution in [2.75, 3.05) is 27.9 Å². The van der Waals surface area contributed by atoms with Gasteiger partial charge in [0.05, 0.1) is 33.1 Å². The molecule has 3 aromatic rings. The molecule has 0 spiro atoms. The van der Waals surface area contributed by atoms with Crippen molar-refractivity contribution in [3.05, 3.63) is 77.4 Å². The van der Waals surface area contributed by atoms with Crippen LogP contribution in [0.15, 0.2) is 65.8 Å². The number of hydrazone groups is 1. The topological polar surface area (TPSA) is 105 Å². The lowest BCUT2D eigenvalue weighted by atomic mass is 9.99. The van der Waals surface area contributed by atoms with Gasteiger partial charge in [-0.1, -0.05) is 26.0 Å². The van der Waals surface area contributed by atoms with E-state index in [2.05, 4.69) is 24.4 Å². The van der Waals surface area contributed by atoms with E-state index in [0.29, 0.717) is 40.2 Å². The summed E-state index contributed by atoms with van der Waals surface area (Å²) >= 11 is 0. The van der Waals surface area contributed by atoms with E-state index in [1.54, 1.807) is 24.3 Å². The smallest absolute Gasteiger partial charge is 0.343 e. The zero-order valence-electron chi connectivity index (χ0n) is 22.1. The van der Waals surface area contributed by atoms with Crippen LogP contribution in [-0.2, 0) is 4.79 Å². The maximum atomic E-state index is 12.6. The summed E-state index contributed by atoms with van der Waals surface area (Å²) in [5, 5.41) is 3.94. The highest BCUT2D eigenvalue weighted by atomic mass is 16.5. The molecule has 3 aromatic carbocycles. The summed E-state index contributed by atoms with van der Waals surface area (Å²) in [6.07, 6.45) is 2.53. The van der Waals surface area contributed by atoms with E-state index < -0.39 is 5.97 Å². The predicted molar refractivity (Wildman–Crippen MR) is 144 cm³/mol. The molecule has 0 heterocycles. The van der Waals surface area contributed by atoms with Crippen LogP contribution in [0.3, 0.4) is 0 Å². The molecule has 0 saturated heterocycles. The van der Waals surface area contributed by atoms with Crippen LogP contribution in [0.4, 0.5) is 0 Å². The molecule has 0 aliphatic rings. The number of hydrogen-bond acceptors (Lipinski definition) is 8. The third kappa shape index (κ3) is 7.49. The van der Waals surface area contributed by atoms with Gasteiger partial charge in [-0.25, -0.2) is 10.2 Å². The van der Waals surface area contributed by atoms with E-state index in [4.69, 9.17) is 23.7 Å². The Bertz CT molecular complexity index is 1230. The Labute approximate surface area is 222 Å². The second-order valence-corrected chi connectivity index (χ2v) is 8.33. The summed E-state index contributed by atoms with van der Waals surface area (Å²) in [5.41, 5.74) is 4.59. The minimum Gasteiger partial charge on any atom is -0.493 e. The Balaban J connectivity index is 1.51. The van der Waals surface area contributed by atoms with Gasteiger partial charge in [0, 0.05) is 0 Å². The van der Waals surface area contributed by atoms with Crippen LogP contribution in [0.25, 0.3) is 0 Å². The number of nitrogens with one attached hydrogen (secondary N) is 1. The molecule has 0 aliphatic carbocycles. The Kier molecular flexibility index (Phi) is 10.1.